The molecule has 0 atom stereocenters. The van der Waals surface area contributed by atoms with Gasteiger partial charge in [-0.3, -0.25) is 9.20 Å². The van der Waals surface area contributed by atoms with E-state index < -0.39 is 0 Å². The van der Waals surface area contributed by atoms with Crippen molar-refractivity contribution in [3.63, 3.8) is 0 Å². The van der Waals surface area contributed by atoms with E-state index in [2.05, 4.69) is 11.1 Å². The highest BCUT2D eigenvalue weighted by molar-refractivity contribution is 7.15. The fraction of sp³-hybridized carbons (Fsp3) is 0.118. The van der Waals surface area contributed by atoms with Gasteiger partial charge in [0.1, 0.15) is 11.4 Å². The maximum Gasteiger partial charge on any atom is 0.206 e. The van der Waals surface area contributed by atoms with Gasteiger partial charge in [-0.2, -0.15) is 5.26 Å². The van der Waals surface area contributed by atoms with E-state index in [1.54, 1.807) is 33.7 Å². The van der Waals surface area contributed by atoms with Gasteiger partial charge in [0.25, 0.3) is 0 Å². The monoisotopic (exact) mass is 322 g/mol. The zero-order valence-electron chi connectivity index (χ0n) is 12.7. The number of nitrogens with zero attached hydrogens (tertiary/aromatic N) is 4. The van der Waals surface area contributed by atoms with Crippen LogP contribution in [0, 0.1) is 11.3 Å². The lowest BCUT2D eigenvalue weighted by Gasteiger charge is -2.04. The van der Waals surface area contributed by atoms with E-state index in [1.165, 1.54) is 17.4 Å². The standard InChI is InChI=1S/C17H14N4OS/c1-20(2)7-6-14(22)16-15(19-17-21(16)8-9-23-17)13-5-3-4-12(10-13)11-18/h3-10H,1-2H3/b7-6+. The Labute approximate surface area is 137 Å². The van der Waals surface area contributed by atoms with Crippen LogP contribution in [-0.4, -0.2) is 34.2 Å². The first-order valence-electron chi connectivity index (χ1n) is 6.95. The summed E-state index contributed by atoms with van der Waals surface area (Å²) in [6.07, 6.45) is 5.07. The quantitative estimate of drug-likeness (QED) is 0.547. The number of hydrogen-bond donors (Lipinski definition) is 0. The Kier molecular flexibility index (Phi) is 3.96. The van der Waals surface area contributed by atoms with E-state index in [0.717, 1.165) is 10.5 Å². The highest BCUT2D eigenvalue weighted by atomic mass is 32.1. The first-order chi connectivity index (χ1) is 11.1. The summed E-state index contributed by atoms with van der Waals surface area (Å²) >= 11 is 1.47. The Balaban J connectivity index is 2.17. The van der Waals surface area contributed by atoms with Crippen LogP contribution in [0.5, 0.6) is 0 Å². The molecule has 0 amide bonds. The molecule has 3 rings (SSSR count). The van der Waals surface area contributed by atoms with Crippen LogP contribution in [0.1, 0.15) is 16.1 Å². The fourth-order valence-corrected chi connectivity index (χ4v) is 2.97. The molecule has 0 radical (unpaired) electrons. The summed E-state index contributed by atoms with van der Waals surface area (Å²) < 4.78 is 1.79. The SMILES string of the molecule is CN(C)/C=C/C(=O)c1c(-c2cccc(C#N)c2)nc2sccn12. The van der Waals surface area contributed by atoms with Gasteiger partial charge in [0, 0.05) is 43.5 Å². The molecule has 2 heterocycles. The van der Waals surface area contributed by atoms with E-state index >= 15 is 0 Å². The zero-order valence-corrected chi connectivity index (χ0v) is 13.5. The first-order valence-corrected chi connectivity index (χ1v) is 7.83. The molecule has 0 fully saturated rings. The molecule has 0 bridgehead atoms. The van der Waals surface area contributed by atoms with Crippen LogP contribution < -0.4 is 0 Å². The lowest BCUT2D eigenvalue weighted by atomic mass is 10.1. The maximum absolute atomic E-state index is 12.6. The van der Waals surface area contributed by atoms with Crippen LogP contribution in [0.3, 0.4) is 0 Å². The number of rotatable bonds is 4. The molecule has 1 aromatic carbocycles. The third-order valence-electron chi connectivity index (χ3n) is 3.28. The van der Waals surface area contributed by atoms with Crippen LogP contribution in [0.2, 0.25) is 0 Å². The van der Waals surface area contributed by atoms with Gasteiger partial charge < -0.3 is 4.90 Å². The number of benzene rings is 1. The largest absolute Gasteiger partial charge is 0.383 e. The number of ketones is 1. The van der Waals surface area contributed by atoms with E-state index in [0.29, 0.717) is 17.0 Å². The van der Waals surface area contributed by atoms with E-state index in [1.807, 2.05) is 31.7 Å². The molecule has 0 unspecified atom stereocenters. The molecule has 5 nitrogen and oxygen atoms in total. The molecular weight excluding hydrogens is 308 g/mol. The summed E-state index contributed by atoms with van der Waals surface area (Å²) in [5, 5.41) is 11.0. The average molecular weight is 322 g/mol. The zero-order chi connectivity index (χ0) is 16.4. The van der Waals surface area contributed by atoms with Crippen LogP contribution in [0.25, 0.3) is 16.2 Å². The Morgan fingerprint density at radius 1 is 1.43 bits per heavy atom. The van der Waals surface area contributed by atoms with Gasteiger partial charge in [0.15, 0.2) is 4.96 Å². The second-order valence-electron chi connectivity index (χ2n) is 5.20. The molecule has 6 heteroatoms. The third kappa shape index (κ3) is 2.87. The van der Waals surface area contributed by atoms with Crippen molar-refractivity contribution in [3.05, 3.63) is 59.4 Å². The second kappa shape index (κ2) is 6.07. The minimum absolute atomic E-state index is 0.123. The summed E-state index contributed by atoms with van der Waals surface area (Å²) in [6, 6.07) is 9.25. The highest BCUT2D eigenvalue weighted by Gasteiger charge is 2.19. The van der Waals surface area contributed by atoms with Crippen molar-refractivity contribution in [1.82, 2.24) is 14.3 Å². The summed E-state index contributed by atoms with van der Waals surface area (Å²) in [7, 11) is 3.72. The minimum Gasteiger partial charge on any atom is -0.383 e. The first kappa shape index (κ1) is 15.0. The molecule has 0 aliphatic carbocycles. The number of carbonyl (C=O) groups excluding carboxylic acids is 1. The lowest BCUT2D eigenvalue weighted by molar-refractivity contribution is 0.104. The molecule has 0 saturated carbocycles. The van der Waals surface area contributed by atoms with Gasteiger partial charge in [-0.1, -0.05) is 12.1 Å². The Bertz CT molecular complexity index is 943. The molecule has 114 valence electrons. The van der Waals surface area contributed by atoms with Gasteiger partial charge in [0.2, 0.25) is 5.78 Å². The van der Waals surface area contributed by atoms with Gasteiger partial charge in [0.05, 0.1) is 11.6 Å². The molecule has 3 aromatic rings. The highest BCUT2D eigenvalue weighted by Crippen LogP contribution is 2.27. The minimum atomic E-state index is -0.123. The van der Waals surface area contributed by atoms with Crippen molar-refractivity contribution in [1.29, 1.82) is 5.26 Å². The van der Waals surface area contributed by atoms with Crippen LogP contribution in [0.15, 0.2) is 48.1 Å². The molecule has 0 aliphatic rings. The van der Waals surface area contributed by atoms with Crippen molar-refractivity contribution in [3.8, 4) is 17.3 Å². The van der Waals surface area contributed by atoms with Gasteiger partial charge >= 0.3 is 0 Å². The van der Waals surface area contributed by atoms with E-state index in [4.69, 9.17) is 5.26 Å². The summed E-state index contributed by atoms with van der Waals surface area (Å²) in [4.78, 5) is 19.8. The van der Waals surface area contributed by atoms with E-state index in [9.17, 15) is 4.79 Å². The van der Waals surface area contributed by atoms with Crippen molar-refractivity contribution in [2.24, 2.45) is 0 Å². The van der Waals surface area contributed by atoms with Crippen molar-refractivity contribution in [2.45, 2.75) is 0 Å². The number of carbonyl (C=O) groups is 1. The topological polar surface area (TPSA) is 61.4 Å². The molecule has 23 heavy (non-hydrogen) atoms. The summed E-state index contributed by atoms with van der Waals surface area (Å²) in [5.41, 5.74) is 2.42. The smallest absolute Gasteiger partial charge is 0.206 e. The average Bonchev–Trinajstić information content (AvgIpc) is 3.13. The second-order valence-corrected chi connectivity index (χ2v) is 6.07. The number of fused-ring (bicyclic) bond motifs is 1. The Morgan fingerprint density at radius 3 is 3.00 bits per heavy atom. The normalized spacial score (nSPS) is 11.0. The number of nitriles is 1. The predicted octanol–water partition coefficient (Wildman–Crippen LogP) is 3.19. The number of allylic oxidation sites excluding steroid dienone is 1. The maximum atomic E-state index is 12.6. The van der Waals surface area contributed by atoms with Crippen LogP contribution in [-0.2, 0) is 0 Å². The van der Waals surface area contributed by atoms with Crippen LogP contribution >= 0.6 is 11.3 Å². The number of thiazole rings is 1. The molecular formula is C17H14N4OS. The van der Waals surface area contributed by atoms with Crippen molar-refractivity contribution in [2.75, 3.05) is 14.1 Å². The molecule has 0 saturated heterocycles. The predicted molar refractivity (Wildman–Crippen MR) is 90.4 cm³/mol. The molecule has 0 spiro atoms. The molecule has 0 aliphatic heterocycles. The number of hydrogen-bond acceptors (Lipinski definition) is 5. The number of imidazole rings is 1. The van der Waals surface area contributed by atoms with Crippen LogP contribution in [0.4, 0.5) is 0 Å². The molecule has 2 aromatic heterocycles. The van der Waals surface area contributed by atoms with Gasteiger partial charge in [-0.15, -0.1) is 11.3 Å². The Hall–Kier alpha value is -2.91. The van der Waals surface area contributed by atoms with Gasteiger partial charge in [-0.05, 0) is 12.1 Å². The lowest BCUT2D eigenvalue weighted by Crippen LogP contribution is -2.05. The number of aromatic nitrogens is 2. The van der Waals surface area contributed by atoms with E-state index in [-0.39, 0.29) is 5.78 Å². The molecule has 0 N–H and O–H groups in total. The van der Waals surface area contributed by atoms with Crippen molar-refractivity contribution >= 4 is 22.1 Å². The fourth-order valence-electron chi connectivity index (χ4n) is 2.25. The van der Waals surface area contributed by atoms with Crippen molar-refractivity contribution < 1.29 is 4.79 Å². The van der Waals surface area contributed by atoms with Gasteiger partial charge in [-0.25, -0.2) is 4.98 Å². The Morgan fingerprint density at radius 2 is 2.26 bits per heavy atom. The summed E-state index contributed by atoms with van der Waals surface area (Å²) in [5.74, 6) is -0.123. The third-order valence-corrected chi connectivity index (χ3v) is 4.04. The summed E-state index contributed by atoms with van der Waals surface area (Å²) in [6.45, 7) is 0.